The minimum absolute atomic E-state index is 0.112. The van der Waals surface area contributed by atoms with Gasteiger partial charge in [0.1, 0.15) is 18.1 Å². The molecule has 2 aromatic carbocycles. The number of phenolic OH excluding ortho intramolecular Hbond substituents is 1. The molecule has 3 aliphatic carbocycles. The monoisotopic (exact) mass is 426 g/mol. The van der Waals surface area contributed by atoms with Gasteiger partial charge in [-0.2, -0.15) is 0 Å². The molecule has 0 amide bonds. The van der Waals surface area contributed by atoms with Gasteiger partial charge in [0.25, 0.3) is 0 Å². The molecule has 164 valence electrons. The molecule has 0 aromatic heterocycles. The van der Waals surface area contributed by atoms with Gasteiger partial charge in [-0.15, -0.1) is 0 Å². The molecule has 3 atom stereocenters. The number of hydrogen-bond donors (Lipinski definition) is 2. The largest absolute Gasteiger partial charge is 0.508 e. The molecule has 0 saturated heterocycles. The molecular weight excluding hydrogens is 396 g/mol. The number of ether oxygens (including phenoxy) is 1. The highest BCUT2D eigenvalue weighted by Crippen LogP contribution is 2.50. The van der Waals surface area contributed by atoms with Crippen LogP contribution < -0.4 is 5.32 Å². The number of allylic oxidation sites excluding steroid dienone is 4. The number of aliphatic imine (C=N–C) groups is 1. The first kappa shape index (κ1) is 20.0. The lowest BCUT2D eigenvalue weighted by Gasteiger charge is -2.39. The molecule has 4 heteroatoms. The lowest BCUT2D eigenvalue weighted by molar-refractivity contribution is 0.0307. The minimum atomic E-state index is -0.307. The van der Waals surface area contributed by atoms with Crippen LogP contribution in [0, 0.1) is 5.92 Å². The number of para-hydroxylation sites is 1. The Kier molecular flexibility index (Phi) is 5.00. The molecule has 6 rings (SSSR count). The Bertz CT molecular complexity index is 1160. The first-order chi connectivity index (χ1) is 15.7. The van der Waals surface area contributed by atoms with E-state index in [1.54, 1.807) is 17.2 Å². The molecular formula is C28H30N2O2. The lowest BCUT2D eigenvalue weighted by atomic mass is 9.66. The van der Waals surface area contributed by atoms with Crippen molar-refractivity contribution in [1.29, 1.82) is 0 Å². The summed E-state index contributed by atoms with van der Waals surface area (Å²) in [5.74, 6) is 0.912. The summed E-state index contributed by atoms with van der Waals surface area (Å²) in [7, 11) is 0. The third-order valence-corrected chi connectivity index (χ3v) is 7.50. The number of nitrogens with zero attached hydrogens (tertiary/aromatic N) is 1. The predicted molar refractivity (Wildman–Crippen MR) is 128 cm³/mol. The van der Waals surface area contributed by atoms with Gasteiger partial charge in [0.2, 0.25) is 0 Å². The Labute approximate surface area is 189 Å². The van der Waals surface area contributed by atoms with Crippen molar-refractivity contribution in [3.8, 4) is 5.75 Å². The molecule has 4 aliphatic rings. The zero-order valence-corrected chi connectivity index (χ0v) is 18.6. The van der Waals surface area contributed by atoms with Gasteiger partial charge in [-0.05, 0) is 84.4 Å². The minimum Gasteiger partial charge on any atom is -0.508 e. The van der Waals surface area contributed by atoms with Gasteiger partial charge in [-0.1, -0.05) is 42.5 Å². The van der Waals surface area contributed by atoms with Crippen LogP contribution in [0.3, 0.4) is 0 Å². The van der Waals surface area contributed by atoms with Crippen molar-refractivity contribution in [3.63, 3.8) is 0 Å². The van der Waals surface area contributed by atoms with E-state index in [2.05, 4.69) is 29.6 Å². The van der Waals surface area contributed by atoms with Crippen LogP contribution in [0.1, 0.15) is 61.0 Å². The number of aryl methyl sites for hydroxylation is 2. The van der Waals surface area contributed by atoms with Gasteiger partial charge in [0, 0.05) is 24.3 Å². The molecule has 1 heterocycles. The van der Waals surface area contributed by atoms with Crippen LogP contribution in [0.2, 0.25) is 0 Å². The summed E-state index contributed by atoms with van der Waals surface area (Å²) in [5, 5.41) is 14.0. The quantitative estimate of drug-likeness (QED) is 0.681. The fourth-order valence-corrected chi connectivity index (χ4v) is 6.10. The van der Waals surface area contributed by atoms with Crippen molar-refractivity contribution in [2.75, 3.05) is 6.61 Å². The molecule has 1 aliphatic heterocycles. The van der Waals surface area contributed by atoms with Crippen LogP contribution in [0.25, 0.3) is 5.57 Å². The van der Waals surface area contributed by atoms with Crippen LogP contribution in [-0.2, 0) is 17.6 Å². The van der Waals surface area contributed by atoms with Crippen LogP contribution in [0.4, 0.5) is 0 Å². The molecule has 2 N–H and O–H groups in total. The Balaban J connectivity index is 1.44. The molecule has 32 heavy (non-hydrogen) atoms. The fourth-order valence-electron chi connectivity index (χ4n) is 6.10. The standard InChI is InChI=1S/C28H30N2O2/c1-2-32-25-16-23(29-28(30-25)22-8-3-4-9-24(22)31)20-14-12-19-11-10-17-6-5-7-18-13-15-21(20)27(19)26(17)18/h3-9,14,19,25,28,30-31H,2,10-13,15-16H2,1H3. The third-order valence-electron chi connectivity index (χ3n) is 7.50. The highest BCUT2D eigenvalue weighted by atomic mass is 16.5. The second kappa shape index (κ2) is 8.02. The highest BCUT2D eigenvalue weighted by molar-refractivity contribution is 6.07. The number of hydrogen-bond acceptors (Lipinski definition) is 4. The van der Waals surface area contributed by atoms with Crippen molar-refractivity contribution in [1.82, 2.24) is 5.32 Å². The van der Waals surface area contributed by atoms with E-state index in [9.17, 15) is 5.11 Å². The average Bonchev–Trinajstić information content (AvgIpc) is 2.83. The summed E-state index contributed by atoms with van der Waals surface area (Å²) in [6, 6.07) is 14.4. The molecule has 4 nitrogen and oxygen atoms in total. The Morgan fingerprint density at radius 3 is 2.75 bits per heavy atom. The zero-order chi connectivity index (χ0) is 21.7. The second-order valence-corrected chi connectivity index (χ2v) is 9.28. The van der Waals surface area contributed by atoms with Crippen molar-refractivity contribution in [2.24, 2.45) is 10.9 Å². The molecule has 0 saturated carbocycles. The van der Waals surface area contributed by atoms with Crippen molar-refractivity contribution < 1.29 is 9.84 Å². The summed E-state index contributed by atoms with van der Waals surface area (Å²) in [6.45, 7) is 2.67. The Morgan fingerprint density at radius 2 is 1.91 bits per heavy atom. The van der Waals surface area contributed by atoms with E-state index >= 15 is 0 Å². The van der Waals surface area contributed by atoms with Crippen LogP contribution >= 0.6 is 0 Å². The van der Waals surface area contributed by atoms with Crippen LogP contribution in [0.15, 0.2) is 64.7 Å². The SMILES string of the molecule is CCOC1CC(C2=CCC3CCc4cccc5c4C3=C2CC5)=NC(c2ccccc2O)N1. The number of phenols is 1. The van der Waals surface area contributed by atoms with E-state index in [0.29, 0.717) is 12.5 Å². The Morgan fingerprint density at radius 1 is 1.06 bits per heavy atom. The van der Waals surface area contributed by atoms with Crippen molar-refractivity contribution in [2.45, 2.75) is 57.8 Å². The number of nitrogens with one attached hydrogen (secondary N) is 1. The summed E-state index contributed by atoms with van der Waals surface area (Å²) in [6.07, 6.45) is 8.50. The summed E-state index contributed by atoms with van der Waals surface area (Å²) >= 11 is 0. The van der Waals surface area contributed by atoms with Crippen LogP contribution in [0.5, 0.6) is 5.75 Å². The van der Waals surface area contributed by atoms with Crippen molar-refractivity contribution in [3.05, 3.63) is 81.9 Å². The smallest absolute Gasteiger partial charge is 0.131 e. The summed E-state index contributed by atoms with van der Waals surface area (Å²) in [4.78, 5) is 5.14. The van der Waals surface area contributed by atoms with E-state index < -0.39 is 0 Å². The number of rotatable bonds is 4. The molecule has 2 aromatic rings. The molecule has 0 radical (unpaired) electrons. The molecule has 0 spiro atoms. The molecule has 0 bridgehead atoms. The van der Waals surface area contributed by atoms with Gasteiger partial charge in [-0.3, -0.25) is 10.3 Å². The fraction of sp³-hybridized carbons (Fsp3) is 0.393. The van der Waals surface area contributed by atoms with E-state index in [1.807, 2.05) is 25.1 Å². The van der Waals surface area contributed by atoms with Crippen LogP contribution in [-0.4, -0.2) is 23.7 Å². The third kappa shape index (κ3) is 3.25. The number of aromatic hydroxyl groups is 1. The van der Waals surface area contributed by atoms with E-state index in [1.165, 1.54) is 35.1 Å². The summed E-state index contributed by atoms with van der Waals surface area (Å²) < 4.78 is 6.02. The second-order valence-electron chi connectivity index (χ2n) is 9.28. The maximum Gasteiger partial charge on any atom is 0.131 e. The lowest BCUT2D eigenvalue weighted by Crippen LogP contribution is -2.41. The maximum absolute atomic E-state index is 10.5. The normalized spacial score (nSPS) is 26.3. The predicted octanol–water partition coefficient (Wildman–Crippen LogP) is 5.48. The topological polar surface area (TPSA) is 53.9 Å². The van der Waals surface area contributed by atoms with E-state index in [0.717, 1.165) is 37.0 Å². The number of benzene rings is 2. The first-order valence-electron chi connectivity index (χ1n) is 12.0. The molecule has 3 unspecified atom stereocenters. The van der Waals surface area contributed by atoms with Crippen molar-refractivity contribution >= 4 is 11.3 Å². The maximum atomic E-state index is 10.5. The Hall–Kier alpha value is -2.69. The van der Waals surface area contributed by atoms with Gasteiger partial charge in [0.15, 0.2) is 0 Å². The van der Waals surface area contributed by atoms with Gasteiger partial charge < -0.3 is 9.84 Å². The van der Waals surface area contributed by atoms with Gasteiger partial charge in [-0.25, -0.2) is 0 Å². The molecule has 0 fully saturated rings. The van der Waals surface area contributed by atoms with E-state index in [-0.39, 0.29) is 18.1 Å². The first-order valence-corrected chi connectivity index (χ1v) is 12.0. The summed E-state index contributed by atoms with van der Waals surface area (Å²) in [5.41, 5.74) is 10.9. The van der Waals surface area contributed by atoms with Gasteiger partial charge in [0.05, 0.1) is 0 Å². The van der Waals surface area contributed by atoms with E-state index in [4.69, 9.17) is 9.73 Å². The average molecular weight is 427 g/mol. The van der Waals surface area contributed by atoms with Gasteiger partial charge >= 0.3 is 0 Å². The highest BCUT2D eigenvalue weighted by Gasteiger charge is 2.36. The zero-order valence-electron chi connectivity index (χ0n) is 18.6.